The molecular formula is C17H17BrCl2N2O3S. The van der Waals surface area contributed by atoms with Crippen LogP contribution >= 0.6 is 39.1 Å². The second-order valence-corrected chi connectivity index (χ2v) is 9.58. The molecule has 0 radical (unpaired) electrons. The van der Waals surface area contributed by atoms with E-state index in [1.54, 1.807) is 18.2 Å². The molecular weight excluding hydrogens is 463 g/mol. The molecule has 9 heteroatoms. The van der Waals surface area contributed by atoms with E-state index in [0.29, 0.717) is 14.5 Å². The fourth-order valence-electron chi connectivity index (χ4n) is 2.48. The van der Waals surface area contributed by atoms with Crippen LogP contribution in [0.25, 0.3) is 0 Å². The lowest BCUT2D eigenvalue weighted by atomic mass is 9.84. The fraction of sp³-hybridized carbons (Fsp3) is 0.235. The van der Waals surface area contributed by atoms with E-state index in [1.165, 1.54) is 18.2 Å². The predicted molar refractivity (Wildman–Crippen MR) is 107 cm³/mol. The van der Waals surface area contributed by atoms with Crippen molar-refractivity contribution in [3.05, 3.63) is 62.0 Å². The third-order valence-electron chi connectivity index (χ3n) is 3.84. The molecule has 0 fully saturated rings. The molecule has 0 heterocycles. The first-order valence-electron chi connectivity index (χ1n) is 7.48. The van der Waals surface area contributed by atoms with Gasteiger partial charge in [0, 0.05) is 26.5 Å². The minimum atomic E-state index is -3.91. The number of nitrogens with one attached hydrogen (secondary N) is 1. The van der Waals surface area contributed by atoms with Crippen LogP contribution < -0.4 is 10.5 Å². The van der Waals surface area contributed by atoms with Crippen molar-refractivity contribution in [2.24, 2.45) is 5.14 Å². The molecule has 2 rings (SSSR count). The van der Waals surface area contributed by atoms with Gasteiger partial charge in [-0.05, 0) is 51.8 Å². The van der Waals surface area contributed by atoms with Gasteiger partial charge >= 0.3 is 0 Å². The standard InChI is InChI=1S/C17H17BrCl2N2O3S/c1-17(2,15-13(19)4-3-5-14(15)20)9-22-16(23)11-8-10(26(21,24)25)6-7-12(11)18/h3-8H,9H2,1-2H3,(H,22,23)(H2,21,24,25). The van der Waals surface area contributed by atoms with Gasteiger partial charge in [-0.2, -0.15) is 0 Å². The van der Waals surface area contributed by atoms with Gasteiger partial charge in [-0.3, -0.25) is 4.79 Å². The van der Waals surface area contributed by atoms with Crippen LogP contribution in [-0.2, 0) is 15.4 Å². The third kappa shape index (κ3) is 4.78. The molecule has 2 aromatic rings. The summed E-state index contributed by atoms with van der Waals surface area (Å²) in [6.07, 6.45) is 0. The van der Waals surface area contributed by atoms with Crippen LogP contribution in [0, 0.1) is 0 Å². The lowest BCUT2D eigenvalue weighted by molar-refractivity contribution is 0.0944. The minimum absolute atomic E-state index is 0.140. The fourth-order valence-corrected chi connectivity index (χ4v) is 4.36. The summed E-state index contributed by atoms with van der Waals surface area (Å²) in [4.78, 5) is 12.4. The number of rotatable bonds is 5. The summed E-state index contributed by atoms with van der Waals surface area (Å²) in [5.74, 6) is -0.446. The van der Waals surface area contributed by atoms with Gasteiger partial charge in [0.05, 0.1) is 10.5 Å². The Kier molecular flexibility index (Phi) is 6.40. The number of hydrogen-bond donors (Lipinski definition) is 2. The molecule has 0 saturated heterocycles. The van der Waals surface area contributed by atoms with Gasteiger partial charge in [0.1, 0.15) is 0 Å². The zero-order valence-corrected chi connectivity index (χ0v) is 17.9. The van der Waals surface area contributed by atoms with Gasteiger partial charge in [-0.1, -0.05) is 43.1 Å². The van der Waals surface area contributed by atoms with Crippen LogP contribution in [0.15, 0.2) is 45.8 Å². The lowest BCUT2D eigenvalue weighted by Crippen LogP contribution is -2.37. The maximum atomic E-state index is 12.5. The van der Waals surface area contributed by atoms with E-state index in [2.05, 4.69) is 21.2 Å². The Morgan fingerprint density at radius 1 is 1.19 bits per heavy atom. The Bertz CT molecular complexity index is 942. The molecule has 0 atom stereocenters. The zero-order valence-electron chi connectivity index (χ0n) is 14.0. The lowest BCUT2D eigenvalue weighted by Gasteiger charge is -2.28. The van der Waals surface area contributed by atoms with Gasteiger partial charge in [-0.25, -0.2) is 13.6 Å². The quantitative estimate of drug-likeness (QED) is 0.676. The second-order valence-electron chi connectivity index (χ2n) is 6.35. The van der Waals surface area contributed by atoms with E-state index < -0.39 is 21.3 Å². The Labute approximate surface area is 171 Å². The average Bonchev–Trinajstić information content (AvgIpc) is 2.51. The van der Waals surface area contributed by atoms with Crippen molar-refractivity contribution in [2.45, 2.75) is 24.2 Å². The number of primary sulfonamides is 1. The smallest absolute Gasteiger partial charge is 0.252 e. The Hall–Kier alpha value is -1.12. The summed E-state index contributed by atoms with van der Waals surface area (Å²) >= 11 is 15.8. The largest absolute Gasteiger partial charge is 0.351 e. The van der Waals surface area contributed by atoms with Crippen LogP contribution in [0.1, 0.15) is 29.8 Å². The zero-order chi connectivity index (χ0) is 19.7. The summed E-state index contributed by atoms with van der Waals surface area (Å²) < 4.78 is 23.4. The molecule has 140 valence electrons. The molecule has 26 heavy (non-hydrogen) atoms. The summed E-state index contributed by atoms with van der Waals surface area (Å²) in [5, 5.41) is 8.93. The third-order valence-corrected chi connectivity index (χ3v) is 6.07. The maximum Gasteiger partial charge on any atom is 0.252 e. The van der Waals surface area contributed by atoms with Crippen LogP contribution in [-0.4, -0.2) is 20.9 Å². The average molecular weight is 480 g/mol. The molecule has 5 nitrogen and oxygen atoms in total. The number of hydrogen-bond acceptors (Lipinski definition) is 3. The van der Waals surface area contributed by atoms with Gasteiger partial charge in [0.15, 0.2) is 0 Å². The molecule has 2 aromatic carbocycles. The van der Waals surface area contributed by atoms with Crippen molar-refractivity contribution >= 4 is 55.1 Å². The number of carbonyl (C=O) groups is 1. The van der Waals surface area contributed by atoms with Gasteiger partial charge in [0.25, 0.3) is 5.91 Å². The number of benzene rings is 2. The van der Waals surface area contributed by atoms with E-state index in [0.717, 1.165) is 5.56 Å². The number of sulfonamides is 1. The van der Waals surface area contributed by atoms with E-state index >= 15 is 0 Å². The first-order valence-corrected chi connectivity index (χ1v) is 10.6. The first kappa shape index (κ1) is 21.2. The number of nitrogens with two attached hydrogens (primary N) is 1. The van der Waals surface area contributed by atoms with Crippen LogP contribution in [0.4, 0.5) is 0 Å². The van der Waals surface area contributed by atoms with Crippen molar-refractivity contribution < 1.29 is 13.2 Å². The Morgan fingerprint density at radius 2 is 1.77 bits per heavy atom. The summed E-state index contributed by atoms with van der Waals surface area (Å²) in [5.41, 5.74) is 0.341. The van der Waals surface area contributed by atoms with Crippen molar-refractivity contribution in [1.29, 1.82) is 0 Å². The first-order chi connectivity index (χ1) is 11.9. The molecule has 3 N–H and O–H groups in total. The van der Waals surface area contributed by atoms with E-state index in [1.807, 2.05) is 13.8 Å². The van der Waals surface area contributed by atoms with Crippen LogP contribution in [0.2, 0.25) is 10.0 Å². The number of carbonyl (C=O) groups excluding carboxylic acids is 1. The molecule has 0 aliphatic carbocycles. The SMILES string of the molecule is CC(C)(CNC(=O)c1cc(S(N)(=O)=O)ccc1Br)c1c(Cl)cccc1Cl. The highest BCUT2D eigenvalue weighted by atomic mass is 79.9. The summed E-state index contributed by atoms with van der Waals surface area (Å²) in [6, 6.07) is 9.23. The van der Waals surface area contributed by atoms with Crippen LogP contribution in [0.3, 0.4) is 0 Å². The van der Waals surface area contributed by atoms with Gasteiger partial charge < -0.3 is 5.32 Å². The molecule has 0 saturated carbocycles. The van der Waals surface area contributed by atoms with Gasteiger partial charge in [0.2, 0.25) is 10.0 Å². The predicted octanol–water partition coefficient (Wildman–Crippen LogP) is 4.11. The normalized spacial score (nSPS) is 12.1. The topological polar surface area (TPSA) is 89.3 Å². The number of halogens is 3. The highest BCUT2D eigenvalue weighted by molar-refractivity contribution is 9.10. The summed E-state index contributed by atoms with van der Waals surface area (Å²) in [7, 11) is -3.91. The number of amides is 1. The minimum Gasteiger partial charge on any atom is -0.351 e. The van der Waals surface area contributed by atoms with Crippen LogP contribution in [0.5, 0.6) is 0 Å². The molecule has 0 spiro atoms. The van der Waals surface area contributed by atoms with Crippen molar-refractivity contribution in [2.75, 3.05) is 6.54 Å². The highest BCUT2D eigenvalue weighted by Gasteiger charge is 2.27. The molecule has 0 aromatic heterocycles. The van der Waals surface area contributed by atoms with E-state index in [4.69, 9.17) is 28.3 Å². The van der Waals surface area contributed by atoms with Gasteiger partial charge in [-0.15, -0.1) is 0 Å². The molecule has 0 aliphatic rings. The van der Waals surface area contributed by atoms with Crippen molar-refractivity contribution in [1.82, 2.24) is 5.32 Å². The summed E-state index contributed by atoms with van der Waals surface area (Å²) in [6.45, 7) is 4.04. The molecule has 0 unspecified atom stereocenters. The highest BCUT2D eigenvalue weighted by Crippen LogP contribution is 2.35. The molecule has 0 bridgehead atoms. The maximum absolute atomic E-state index is 12.5. The molecule has 0 aliphatic heterocycles. The Balaban J connectivity index is 2.26. The van der Waals surface area contributed by atoms with Crippen molar-refractivity contribution in [3.63, 3.8) is 0 Å². The van der Waals surface area contributed by atoms with Crippen molar-refractivity contribution in [3.8, 4) is 0 Å². The second kappa shape index (κ2) is 7.86. The molecule has 1 amide bonds. The Morgan fingerprint density at radius 3 is 2.31 bits per heavy atom. The van der Waals surface area contributed by atoms with E-state index in [-0.39, 0.29) is 17.0 Å². The van der Waals surface area contributed by atoms with E-state index in [9.17, 15) is 13.2 Å². The monoisotopic (exact) mass is 478 g/mol.